The number of benzene rings is 1. The molecule has 0 bridgehead atoms. The molecule has 0 saturated heterocycles. The van der Waals surface area contributed by atoms with Crippen LogP contribution in [0.25, 0.3) is 0 Å². The number of nitrogens with zero attached hydrogens (tertiary/aromatic N) is 1. The molecule has 4 nitrogen and oxygen atoms in total. The quantitative estimate of drug-likeness (QED) is 0.448. The molecular weight excluding hydrogens is 218 g/mol. The van der Waals surface area contributed by atoms with Crippen LogP contribution in [-0.2, 0) is 9.63 Å². The molecule has 1 rings (SSSR count). The second kappa shape index (κ2) is 6.68. The maximum atomic E-state index is 11.1. The molecule has 17 heavy (non-hydrogen) atoms. The first kappa shape index (κ1) is 13.2. The van der Waals surface area contributed by atoms with Crippen LogP contribution in [-0.4, -0.2) is 18.8 Å². The summed E-state index contributed by atoms with van der Waals surface area (Å²) in [5, 5.41) is 3.79. The van der Waals surface area contributed by atoms with Gasteiger partial charge in [0.15, 0.2) is 0 Å². The molecule has 1 aromatic carbocycles. The minimum atomic E-state index is -0.305. The Hall–Kier alpha value is -1.84. The average Bonchev–Trinajstić information content (AvgIpc) is 2.36. The van der Waals surface area contributed by atoms with Gasteiger partial charge in [0.25, 0.3) is 0 Å². The van der Waals surface area contributed by atoms with Crippen molar-refractivity contribution in [1.82, 2.24) is 0 Å². The third-order valence-corrected chi connectivity index (χ3v) is 2.25. The van der Waals surface area contributed by atoms with Gasteiger partial charge in [-0.1, -0.05) is 12.1 Å². The zero-order chi connectivity index (χ0) is 12.7. The van der Waals surface area contributed by atoms with Crippen LogP contribution in [0.4, 0.5) is 0 Å². The molecule has 0 aromatic heterocycles. The van der Waals surface area contributed by atoms with Crippen LogP contribution in [0.3, 0.4) is 0 Å². The first-order valence-electron chi connectivity index (χ1n) is 5.56. The molecule has 0 spiro atoms. The summed E-state index contributed by atoms with van der Waals surface area (Å²) < 4.78 is 5.05. The van der Waals surface area contributed by atoms with E-state index in [1.165, 1.54) is 0 Å². The van der Waals surface area contributed by atoms with E-state index in [9.17, 15) is 4.79 Å². The van der Waals surface area contributed by atoms with Crippen LogP contribution in [0, 0.1) is 0 Å². The van der Waals surface area contributed by atoms with Gasteiger partial charge in [0, 0.05) is 6.42 Å². The third kappa shape index (κ3) is 4.26. The number of carbonyl (C=O) groups is 1. The lowest BCUT2D eigenvalue weighted by molar-refractivity contribution is -0.143. The minimum Gasteiger partial charge on any atom is -0.497 e. The molecule has 0 atom stereocenters. The first-order chi connectivity index (χ1) is 8.17. The van der Waals surface area contributed by atoms with Crippen molar-refractivity contribution in [2.24, 2.45) is 5.16 Å². The number of methoxy groups -OCH3 is 1. The van der Waals surface area contributed by atoms with Crippen molar-refractivity contribution in [2.75, 3.05) is 7.11 Å². The Kier molecular flexibility index (Phi) is 5.20. The lowest BCUT2D eigenvalue weighted by atomic mass is 10.1. The van der Waals surface area contributed by atoms with Gasteiger partial charge in [0.1, 0.15) is 5.75 Å². The Labute approximate surface area is 101 Å². The predicted molar refractivity (Wildman–Crippen MR) is 66.2 cm³/mol. The maximum absolute atomic E-state index is 11.1. The SMILES string of the molecule is CCCC(=O)O/N=C(/C)c1ccc(OC)cc1. The van der Waals surface area contributed by atoms with Crippen LogP contribution in [0.15, 0.2) is 29.4 Å². The fourth-order valence-electron chi connectivity index (χ4n) is 1.25. The van der Waals surface area contributed by atoms with E-state index in [0.717, 1.165) is 17.7 Å². The van der Waals surface area contributed by atoms with Crippen molar-refractivity contribution >= 4 is 11.7 Å². The van der Waals surface area contributed by atoms with Crippen LogP contribution in [0.2, 0.25) is 0 Å². The standard InChI is InChI=1S/C13H17NO3/c1-4-5-13(15)17-14-10(2)11-6-8-12(16-3)9-7-11/h6-9H,4-5H2,1-3H3/b14-10-. The van der Waals surface area contributed by atoms with E-state index >= 15 is 0 Å². The summed E-state index contributed by atoms with van der Waals surface area (Å²) in [6.45, 7) is 3.71. The van der Waals surface area contributed by atoms with Crippen LogP contribution in [0.1, 0.15) is 32.3 Å². The molecule has 0 fully saturated rings. The van der Waals surface area contributed by atoms with Crippen molar-refractivity contribution < 1.29 is 14.4 Å². The molecule has 1 aromatic rings. The van der Waals surface area contributed by atoms with E-state index in [2.05, 4.69) is 5.16 Å². The normalized spacial score (nSPS) is 11.1. The number of carbonyl (C=O) groups excluding carboxylic acids is 1. The summed E-state index contributed by atoms with van der Waals surface area (Å²) in [5.41, 5.74) is 1.56. The van der Waals surface area contributed by atoms with Crippen LogP contribution >= 0.6 is 0 Å². The molecule has 0 N–H and O–H groups in total. The number of hydrogen-bond donors (Lipinski definition) is 0. The van der Waals surface area contributed by atoms with E-state index in [0.29, 0.717) is 12.1 Å². The van der Waals surface area contributed by atoms with Crippen molar-refractivity contribution in [2.45, 2.75) is 26.7 Å². The highest BCUT2D eigenvalue weighted by Gasteiger charge is 2.02. The molecule has 0 aliphatic heterocycles. The topological polar surface area (TPSA) is 47.9 Å². The lowest BCUT2D eigenvalue weighted by Gasteiger charge is -2.02. The Balaban J connectivity index is 2.64. The second-order valence-corrected chi connectivity index (χ2v) is 3.62. The fourth-order valence-corrected chi connectivity index (χ4v) is 1.25. The summed E-state index contributed by atoms with van der Waals surface area (Å²) in [7, 11) is 1.61. The molecule has 92 valence electrons. The van der Waals surface area contributed by atoms with Gasteiger partial charge in [-0.2, -0.15) is 0 Å². The highest BCUT2D eigenvalue weighted by molar-refractivity contribution is 5.98. The average molecular weight is 235 g/mol. The van der Waals surface area contributed by atoms with Crippen LogP contribution < -0.4 is 4.74 Å². The Morgan fingerprint density at radius 2 is 1.94 bits per heavy atom. The highest BCUT2D eigenvalue weighted by Crippen LogP contribution is 2.12. The maximum Gasteiger partial charge on any atom is 0.335 e. The molecule has 0 aliphatic carbocycles. The number of rotatable bonds is 5. The van der Waals surface area contributed by atoms with Gasteiger partial charge in [0.2, 0.25) is 0 Å². The van der Waals surface area contributed by atoms with E-state index in [-0.39, 0.29) is 5.97 Å². The first-order valence-corrected chi connectivity index (χ1v) is 5.56. The van der Waals surface area contributed by atoms with Crippen molar-refractivity contribution in [3.63, 3.8) is 0 Å². The number of hydrogen-bond acceptors (Lipinski definition) is 4. The van der Waals surface area contributed by atoms with E-state index in [1.54, 1.807) is 14.0 Å². The van der Waals surface area contributed by atoms with Crippen molar-refractivity contribution in [3.05, 3.63) is 29.8 Å². The molecular formula is C13H17NO3. The van der Waals surface area contributed by atoms with E-state index in [1.807, 2.05) is 31.2 Å². The van der Waals surface area contributed by atoms with Crippen LogP contribution in [0.5, 0.6) is 5.75 Å². The Morgan fingerprint density at radius 3 is 2.47 bits per heavy atom. The summed E-state index contributed by atoms with van der Waals surface area (Å²) in [5.74, 6) is 0.477. The Morgan fingerprint density at radius 1 is 1.29 bits per heavy atom. The predicted octanol–water partition coefficient (Wildman–Crippen LogP) is 2.76. The minimum absolute atomic E-state index is 0.305. The second-order valence-electron chi connectivity index (χ2n) is 3.62. The van der Waals surface area contributed by atoms with Crippen molar-refractivity contribution in [1.29, 1.82) is 0 Å². The highest BCUT2D eigenvalue weighted by atomic mass is 16.7. The van der Waals surface area contributed by atoms with Gasteiger partial charge < -0.3 is 9.57 Å². The third-order valence-electron chi connectivity index (χ3n) is 2.25. The molecule has 0 radical (unpaired) electrons. The van der Waals surface area contributed by atoms with Gasteiger partial charge in [-0.05, 0) is 43.2 Å². The lowest BCUT2D eigenvalue weighted by Crippen LogP contribution is -2.02. The largest absolute Gasteiger partial charge is 0.497 e. The van der Waals surface area contributed by atoms with Gasteiger partial charge >= 0.3 is 5.97 Å². The van der Waals surface area contributed by atoms with E-state index < -0.39 is 0 Å². The monoisotopic (exact) mass is 235 g/mol. The van der Waals surface area contributed by atoms with Gasteiger partial charge in [-0.3, -0.25) is 0 Å². The molecule has 0 amide bonds. The van der Waals surface area contributed by atoms with Gasteiger partial charge in [-0.25, -0.2) is 4.79 Å². The number of ether oxygens (including phenoxy) is 1. The van der Waals surface area contributed by atoms with Gasteiger partial charge in [-0.15, -0.1) is 0 Å². The molecule has 0 saturated carbocycles. The van der Waals surface area contributed by atoms with Gasteiger partial charge in [0.05, 0.1) is 12.8 Å². The zero-order valence-corrected chi connectivity index (χ0v) is 10.4. The number of oxime groups is 1. The molecule has 0 unspecified atom stereocenters. The fraction of sp³-hybridized carbons (Fsp3) is 0.385. The zero-order valence-electron chi connectivity index (χ0n) is 10.4. The summed E-state index contributed by atoms with van der Waals surface area (Å²) in [6.07, 6.45) is 1.15. The van der Waals surface area contributed by atoms with Crippen molar-refractivity contribution in [3.8, 4) is 5.75 Å². The molecule has 0 aliphatic rings. The summed E-state index contributed by atoms with van der Waals surface area (Å²) in [4.78, 5) is 15.9. The van der Waals surface area contributed by atoms with E-state index in [4.69, 9.17) is 9.57 Å². The molecule has 0 heterocycles. The summed E-state index contributed by atoms with van der Waals surface area (Å²) in [6, 6.07) is 7.40. The summed E-state index contributed by atoms with van der Waals surface area (Å²) >= 11 is 0. The smallest absolute Gasteiger partial charge is 0.335 e. The molecule has 4 heteroatoms. The Bertz CT molecular complexity index is 396.